The van der Waals surface area contributed by atoms with Crippen molar-refractivity contribution in [3.05, 3.63) is 29.0 Å². The molecule has 1 saturated carbocycles. The van der Waals surface area contributed by atoms with E-state index >= 15 is 0 Å². The lowest BCUT2D eigenvalue weighted by Gasteiger charge is -2.56. The van der Waals surface area contributed by atoms with Gasteiger partial charge in [0.25, 0.3) is 0 Å². The van der Waals surface area contributed by atoms with Crippen molar-refractivity contribution in [3.63, 3.8) is 0 Å². The van der Waals surface area contributed by atoms with E-state index in [1.807, 2.05) is 25.2 Å². The molecule has 1 aromatic heterocycles. The van der Waals surface area contributed by atoms with Crippen molar-refractivity contribution < 1.29 is 4.74 Å². The number of nitrogens with one attached hydrogen (secondary N) is 1. The molecule has 1 aliphatic rings. The van der Waals surface area contributed by atoms with Crippen LogP contribution in [-0.2, 0) is 18.3 Å². The van der Waals surface area contributed by atoms with Crippen molar-refractivity contribution in [2.24, 2.45) is 18.4 Å². The number of fused-ring (bicyclic) bond motifs is 1. The minimum atomic E-state index is 0.141. The van der Waals surface area contributed by atoms with Gasteiger partial charge in [0.2, 0.25) is 0 Å². The molecule has 22 heavy (non-hydrogen) atoms. The lowest BCUT2D eigenvalue weighted by molar-refractivity contribution is -0.145. The Balaban J connectivity index is 1.76. The summed E-state index contributed by atoms with van der Waals surface area (Å²) in [4.78, 5) is 4.71. The third kappa shape index (κ3) is 2.34. The third-order valence-electron chi connectivity index (χ3n) is 5.21. The number of nitrogens with zero attached hydrogens (tertiary/aromatic N) is 2. The Labute approximate surface area is 136 Å². The summed E-state index contributed by atoms with van der Waals surface area (Å²) in [6.07, 6.45) is 0.309. The molecule has 0 bridgehead atoms. The molecule has 0 saturated heterocycles. The summed E-state index contributed by atoms with van der Waals surface area (Å²) < 4.78 is 7.71. The van der Waals surface area contributed by atoms with E-state index in [9.17, 15) is 0 Å². The SMILES string of the molecule is CO[C@@H]1[C@@H](C)[C@@H](NCc2nc3ccc(Cl)cc3n2C)C1(C)C. The molecule has 1 aliphatic carbocycles. The van der Waals surface area contributed by atoms with E-state index in [0.29, 0.717) is 18.1 Å². The van der Waals surface area contributed by atoms with Gasteiger partial charge in [-0.05, 0) is 24.1 Å². The molecule has 120 valence electrons. The predicted octanol–water partition coefficient (Wildman–Crippen LogP) is 3.38. The van der Waals surface area contributed by atoms with Crippen LogP contribution in [0.3, 0.4) is 0 Å². The number of ether oxygens (including phenoxy) is 1. The van der Waals surface area contributed by atoms with Crippen molar-refractivity contribution >= 4 is 22.6 Å². The second-order valence-electron chi connectivity index (χ2n) is 6.92. The fraction of sp³-hybridized carbons (Fsp3) is 0.588. The fourth-order valence-corrected chi connectivity index (χ4v) is 4.29. The van der Waals surface area contributed by atoms with Crippen LogP contribution in [0, 0.1) is 11.3 Å². The minimum Gasteiger partial charge on any atom is -0.380 e. The normalized spacial score (nSPS) is 27.1. The standard InChI is InChI=1S/C17H24ClN3O/c1-10-15(17(2,3)16(10)22-5)19-9-14-20-12-7-6-11(18)8-13(12)21(14)4/h6-8,10,15-16,19H,9H2,1-5H3/t10-,15+,16+/m0/s1. The summed E-state index contributed by atoms with van der Waals surface area (Å²) in [5.41, 5.74) is 2.20. The Kier molecular flexibility index (Phi) is 3.96. The van der Waals surface area contributed by atoms with Crippen LogP contribution in [0.25, 0.3) is 11.0 Å². The van der Waals surface area contributed by atoms with Crippen molar-refractivity contribution in [2.45, 2.75) is 39.5 Å². The number of halogens is 1. The highest BCUT2D eigenvalue weighted by molar-refractivity contribution is 6.31. The first-order valence-corrected chi connectivity index (χ1v) is 8.11. The number of aromatic nitrogens is 2. The van der Waals surface area contributed by atoms with Gasteiger partial charge in [0.1, 0.15) is 5.82 Å². The molecule has 1 aromatic carbocycles. The predicted molar refractivity (Wildman–Crippen MR) is 90.1 cm³/mol. The van der Waals surface area contributed by atoms with Crippen LogP contribution in [-0.4, -0.2) is 28.8 Å². The molecular formula is C17H24ClN3O. The average Bonchev–Trinajstić information content (AvgIpc) is 2.76. The van der Waals surface area contributed by atoms with Crippen molar-refractivity contribution in [1.29, 1.82) is 0 Å². The summed E-state index contributed by atoms with van der Waals surface area (Å²) in [5, 5.41) is 4.40. The lowest BCUT2D eigenvalue weighted by Crippen LogP contribution is -2.66. The van der Waals surface area contributed by atoms with E-state index < -0.39 is 0 Å². The molecule has 4 nitrogen and oxygen atoms in total. The van der Waals surface area contributed by atoms with Gasteiger partial charge in [0.05, 0.1) is 23.7 Å². The summed E-state index contributed by atoms with van der Waals surface area (Å²) in [7, 11) is 3.84. The van der Waals surface area contributed by atoms with Crippen molar-refractivity contribution in [3.8, 4) is 0 Å². The van der Waals surface area contributed by atoms with E-state index in [4.69, 9.17) is 21.3 Å². The van der Waals surface area contributed by atoms with E-state index in [2.05, 4.69) is 30.7 Å². The van der Waals surface area contributed by atoms with Gasteiger partial charge in [-0.3, -0.25) is 0 Å². The number of hydrogen-bond acceptors (Lipinski definition) is 3. The van der Waals surface area contributed by atoms with Crippen LogP contribution in [0.1, 0.15) is 26.6 Å². The smallest absolute Gasteiger partial charge is 0.123 e. The van der Waals surface area contributed by atoms with Gasteiger partial charge in [0.15, 0.2) is 0 Å². The van der Waals surface area contributed by atoms with E-state index in [-0.39, 0.29) is 5.41 Å². The van der Waals surface area contributed by atoms with Gasteiger partial charge >= 0.3 is 0 Å². The molecule has 0 unspecified atom stereocenters. The molecule has 3 rings (SSSR count). The van der Waals surface area contributed by atoms with Gasteiger partial charge < -0.3 is 14.6 Å². The molecular weight excluding hydrogens is 298 g/mol. The number of rotatable bonds is 4. The quantitative estimate of drug-likeness (QED) is 0.938. The van der Waals surface area contributed by atoms with E-state index in [0.717, 1.165) is 28.4 Å². The maximum atomic E-state index is 6.08. The first kappa shape index (κ1) is 15.8. The number of hydrogen-bond donors (Lipinski definition) is 1. The van der Waals surface area contributed by atoms with E-state index in [1.165, 1.54) is 0 Å². The maximum absolute atomic E-state index is 6.08. The third-order valence-corrected chi connectivity index (χ3v) is 5.44. The van der Waals surface area contributed by atoms with Gasteiger partial charge in [-0.2, -0.15) is 0 Å². The Hall–Kier alpha value is -1.10. The Morgan fingerprint density at radius 2 is 2.14 bits per heavy atom. The lowest BCUT2D eigenvalue weighted by atomic mass is 9.58. The highest BCUT2D eigenvalue weighted by Crippen LogP contribution is 2.46. The monoisotopic (exact) mass is 321 g/mol. The Bertz CT molecular complexity index is 695. The van der Waals surface area contributed by atoms with Gasteiger partial charge in [-0.25, -0.2) is 4.98 Å². The summed E-state index contributed by atoms with van der Waals surface area (Å²) in [6, 6.07) is 6.25. The van der Waals surface area contributed by atoms with Crippen molar-refractivity contribution in [2.75, 3.05) is 7.11 Å². The second-order valence-corrected chi connectivity index (χ2v) is 7.35. The Morgan fingerprint density at radius 3 is 2.77 bits per heavy atom. The fourth-order valence-electron chi connectivity index (χ4n) is 4.13. The zero-order chi connectivity index (χ0) is 16.1. The molecule has 5 heteroatoms. The second kappa shape index (κ2) is 5.52. The van der Waals surface area contributed by atoms with Gasteiger partial charge in [-0.15, -0.1) is 0 Å². The van der Waals surface area contributed by atoms with Crippen LogP contribution in [0.15, 0.2) is 18.2 Å². The molecule has 1 fully saturated rings. The number of benzene rings is 1. The Morgan fingerprint density at radius 1 is 1.41 bits per heavy atom. The molecule has 2 aromatic rings. The van der Waals surface area contributed by atoms with Gasteiger partial charge in [-0.1, -0.05) is 32.4 Å². The molecule has 0 amide bonds. The topological polar surface area (TPSA) is 39.1 Å². The van der Waals surface area contributed by atoms with Crippen molar-refractivity contribution in [1.82, 2.24) is 14.9 Å². The minimum absolute atomic E-state index is 0.141. The van der Waals surface area contributed by atoms with Crippen LogP contribution in [0.5, 0.6) is 0 Å². The summed E-state index contributed by atoms with van der Waals surface area (Å²) >= 11 is 6.08. The number of imidazole rings is 1. The van der Waals surface area contributed by atoms with Crippen LogP contribution in [0.2, 0.25) is 5.02 Å². The first-order valence-electron chi connectivity index (χ1n) is 7.73. The van der Waals surface area contributed by atoms with Crippen LogP contribution < -0.4 is 5.32 Å². The zero-order valence-electron chi connectivity index (χ0n) is 13.9. The molecule has 1 heterocycles. The zero-order valence-corrected chi connectivity index (χ0v) is 14.6. The van der Waals surface area contributed by atoms with Crippen LogP contribution in [0.4, 0.5) is 0 Å². The van der Waals surface area contributed by atoms with E-state index in [1.54, 1.807) is 7.11 Å². The summed E-state index contributed by atoms with van der Waals surface area (Å²) in [6.45, 7) is 7.50. The summed E-state index contributed by atoms with van der Waals surface area (Å²) in [5.74, 6) is 1.53. The highest BCUT2D eigenvalue weighted by Gasteiger charge is 2.54. The van der Waals surface area contributed by atoms with Crippen LogP contribution >= 0.6 is 11.6 Å². The molecule has 1 N–H and O–H groups in total. The largest absolute Gasteiger partial charge is 0.380 e. The van der Waals surface area contributed by atoms with Gasteiger partial charge in [0, 0.05) is 30.6 Å². The number of aryl methyl sites for hydroxylation is 1. The maximum Gasteiger partial charge on any atom is 0.123 e. The first-order chi connectivity index (χ1) is 10.4. The molecule has 0 spiro atoms. The molecule has 3 atom stereocenters. The molecule has 0 aliphatic heterocycles. The number of methoxy groups -OCH3 is 1. The average molecular weight is 322 g/mol. The highest BCUT2D eigenvalue weighted by atomic mass is 35.5. The molecule has 0 radical (unpaired) electrons.